The molecule has 0 spiro atoms. The van der Waals surface area contributed by atoms with Crippen molar-refractivity contribution in [2.45, 2.75) is 100 Å². The lowest BCUT2D eigenvalue weighted by Crippen LogP contribution is -2.56. The van der Waals surface area contributed by atoms with Gasteiger partial charge in [-0.2, -0.15) is 0 Å². The zero-order valence-electron chi connectivity index (χ0n) is 29.0. The number of nitrogens with one attached hydrogen (secondary N) is 2. The van der Waals surface area contributed by atoms with Crippen LogP contribution in [0.5, 0.6) is 11.5 Å². The highest BCUT2D eigenvalue weighted by Crippen LogP contribution is 2.45. The largest absolute Gasteiger partial charge is 0.497 e. The number of fused-ring (bicyclic) bond motifs is 3. The summed E-state index contributed by atoms with van der Waals surface area (Å²) in [6.45, 7) is 0.0229. The molecule has 3 aromatic rings. The zero-order valence-corrected chi connectivity index (χ0v) is 29.9. The van der Waals surface area contributed by atoms with Gasteiger partial charge >= 0.3 is 12.1 Å². The average molecular weight is 733 g/mol. The second-order valence-electron chi connectivity index (χ2n) is 14.1. The molecule has 3 fully saturated rings. The first-order valence-electron chi connectivity index (χ1n) is 18.0. The Kier molecular flexibility index (Phi) is 10.2. The number of rotatable bonds is 7. The first-order valence-corrected chi connectivity index (χ1v) is 18.9. The molecule has 52 heavy (non-hydrogen) atoms. The molecular formula is C37H44N6O8S. The number of carboxylic acid groups (broad SMARTS) is 1. The first-order chi connectivity index (χ1) is 25.1. The number of carboxylic acids is 1. The third kappa shape index (κ3) is 7.50. The highest BCUT2D eigenvalue weighted by Gasteiger charge is 2.61. The van der Waals surface area contributed by atoms with Crippen LogP contribution in [-0.4, -0.2) is 87.3 Å². The summed E-state index contributed by atoms with van der Waals surface area (Å²) < 4.78 is 17.7. The van der Waals surface area contributed by atoms with E-state index in [0.29, 0.717) is 51.8 Å². The number of ether oxygens (including phenoxy) is 3. The highest BCUT2D eigenvalue weighted by molar-refractivity contribution is 7.13. The number of aliphatic carboxylic acids is 1. The number of carbonyl (C=O) groups excluding carboxylic acids is 3. The van der Waals surface area contributed by atoms with Crippen LogP contribution in [0.2, 0.25) is 0 Å². The van der Waals surface area contributed by atoms with Gasteiger partial charge in [0.1, 0.15) is 47.0 Å². The normalized spacial score (nSPS) is 27.4. The Balaban J connectivity index is 1.20. The van der Waals surface area contributed by atoms with E-state index >= 15 is 0 Å². The third-order valence-corrected chi connectivity index (χ3v) is 11.2. The monoisotopic (exact) mass is 732 g/mol. The number of methoxy groups -OCH3 is 1. The topological polar surface area (TPSA) is 195 Å². The number of amides is 3. The summed E-state index contributed by atoms with van der Waals surface area (Å²) in [6.07, 6.45) is 9.64. The van der Waals surface area contributed by atoms with E-state index < -0.39 is 47.6 Å². The molecule has 7 rings (SSSR count). The minimum absolute atomic E-state index is 0.0229. The molecule has 0 radical (unpaired) electrons. The molecule has 4 aliphatic rings. The van der Waals surface area contributed by atoms with E-state index in [-0.39, 0.29) is 31.4 Å². The molecule has 2 saturated carbocycles. The fourth-order valence-electron chi connectivity index (χ4n) is 7.60. The summed E-state index contributed by atoms with van der Waals surface area (Å²) in [6, 6.07) is 5.16. The Labute approximate surface area is 305 Å². The van der Waals surface area contributed by atoms with Gasteiger partial charge < -0.3 is 40.6 Å². The summed E-state index contributed by atoms with van der Waals surface area (Å²) in [4.78, 5) is 64.8. The van der Waals surface area contributed by atoms with Gasteiger partial charge in [0.25, 0.3) is 0 Å². The van der Waals surface area contributed by atoms with Crippen molar-refractivity contribution in [2.75, 3.05) is 19.4 Å². The number of nitrogen functional groups attached to an aromatic ring is 1. The second kappa shape index (κ2) is 15.0. The van der Waals surface area contributed by atoms with Gasteiger partial charge in [-0.1, -0.05) is 25.0 Å². The molecule has 4 heterocycles. The first kappa shape index (κ1) is 35.5. The van der Waals surface area contributed by atoms with Crippen LogP contribution in [0.15, 0.2) is 41.8 Å². The predicted octanol–water partition coefficient (Wildman–Crippen LogP) is 4.81. The molecule has 2 aromatic heterocycles. The highest BCUT2D eigenvalue weighted by atomic mass is 32.1. The SMILES string of the molecule is COc1ccc2c(O[C@@H]3C[C@H]4C(=O)N[C@]5(C(=O)O)C[C@H]5/C=C\CCCCCC(NC(=O)OC5CCCC5)C(=O)N4C3)cc(-c3csc(N)n3)nc2c1. The molecule has 1 saturated heterocycles. The number of aromatic nitrogens is 2. The van der Waals surface area contributed by atoms with Crippen molar-refractivity contribution >= 4 is 51.2 Å². The Morgan fingerprint density at radius 2 is 1.87 bits per heavy atom. The third-order valence-electron chi connectivity index (χ3n) is 10.5. The van der Waals surface area contributed by atoms with Gasteiger partial charge in [0.05, 0.1) is 24.9 Å². The number of nitrogens with zero attached hydrogens (tertiary/aromatic N) is 3. The predicted molar refractivity (Wildman–Crippen MR) is 193 cm³/mol. The summed E-state index contributed by atoms with van der Waals surface area (Å²) in [7, 11) is 1.57. The van der Waals surface area contributed by atoms with Gasteiger partial charge in [0.15, 0.2) is 5.13 Å². The van der Waals surface area contributed by atoms with Gasteiger partial charge in [-0.15, -0.1) is 11.3 Å². The summed E-state index contributed by atoms with van der Waals surface area (Å²) in [5.41, 5.74) is 6.15. The standard InChI is InChI=1S/C37H44N6O8S/c1-49-23-13-14-25-27(15-23)39-28(29-20-52-35(38)40-29)17-31(25)50-24-16-30-32(44)42-37(34(46)47)18-21(37)9-5-3-2-4-6-12-26(33(45)43(30)19-24)41-36(48)51-22-10-7-8-11-22/h5,9,13-15,17,20-22,24,26,30H,2-4,6-8,10-12,16,18-19H2,1H3,(H2,38,40)(H,41,48)(H,42,44)(H,46,47)/b9-5-/t21-,24-,26?,30+,37-/m1/s1. The van der Waals surface area contributed by atoms with E-state index in [4.69, 9.17) is 24.9 Å². The lowest BCUT2D eigenvalue weighted by Gasteiger charge is -2.29. The molecule has 5 atom stereocenters. The number of alkyl carbamates (subject to hydrolysis) is 1. The maximum atomic E-state index is 14.5. The van der Waals surface area contributed by atoms with Crippen molar-refractivity contribution in [2.24, 2.45) is 5.92 Å². The van der Waals surface area contributed by atoms with Crippen LogP contribution >= 0.6 is 11.3 Å². The summed E-state index contributed by atoms with van der Waals surface area (Å²) in [5.74, 6) is -1.44. The number of pyridine rings is 1. The number of anilines is 1. The molecule has 276 valence electrons. The summed E-state index contributed by atoms with van der Waals surface area (Å²) in [5, 5.41) is 18.7. The molecule has 2 aliphatic heterocycles. The number of thiazole rings is 1. The van der Waals surface area contributed by atoms with Gasteiger partial charge in [0, 0.05) is 35.2 Å². The lowest BCUT2D eigenvalue weighted by molar-refractivity contribution is -0.145. The number of hydrogen-bond acceptors (Lipinski definition) is 11. The van der Waals surface area contributed by atoms with E-state index in [2.05, 4.69) is 15.6 Å². The molecule has 0 bridgehead atoms. The number of benzene rings is 1. The molecular weight excluding hydrogens is 689 g/mol. The fourth-order valence-corrected chi connectivity index (χ4v) is 8.15. The van der Waals surface area contributed by atoms with Gasteiger partial charge in [-0.3, -0.25) is 9.59 Å². The summed E-state index contributed by atoms with van der Waals surface area (Å²) >= 11 is 1.28. The van der Waals surface area contributed by atoms with Gasteiger partial charge in [0.2, 0.25) is 11.8 Å². The average Bonchev–Trinajstić information content (AvgIpc) is 3.54. The van der Waals surface area contributed by atoms with Crippen molar-refractivity contribution in [1.82, 2.24) is 25.5 Å². The van der Waals surface area contributed by atoms with Crippen molar-refractivity contribution in [3.63, 3.8) is 0 Å². The van der Waals surface area contributed by atoms with E-state index in [1.165, 1.54) is 16.2 Å². The Morgan fingerprint density at radius 3 is 2.62 bits per heavy atom. The van der Waals surface area contributed by atoms with Crippen LogP contribution in [0, 0.1) is 5.92 Å². The quantitative estimate of drug-likeness (QED) is 0.243. The van der Waals surface area contributed by atoms with Gasteiger partial charge in [-0.25, -0.2) is 19.6 Å². The van der Waals surface area contributed by atoms with Crippen molar-refractivity contribution in [1.29, 1.82) is 0 Å². The van der Waals surface area contributed by atoms with E-state index in [9.17, 15) is 24.3 Å². The minimum Gasteiger partial charge on any atom is -0.497 e. The smallest absolute Gasteiger partial charge is 0.408 e. The van der Waals surface area contributed by atoms with Crippen LogP contribution in [0.1, 0.15) is 70.6 Å². The Bertz CT molecular complexity index is 1880. The maximum absolute atomic E-state index is 14.5. The molecule has 5 N–H and O–H groups in total. The second-order valence-corrected chi connectivity index (χ2v) is 15.0. The molecule has 3 amide bonds. The molecule has 2 aliphatic carbocycles. The number of hydrogen-bond donors (Lipinski definition) is 4. The lowest BCUT2D eigenvalue weighted by atomic mass is 10.0. The van der Waals surface area contributed by atoms with Crippen LogP contribution < -0.4 is 25.8 Å². The van der Waals surface area contributed by atoms with Crippen molar-refractivity contribution in [3.8, 4) is 22.9 Å². The molecule has 1 unspecified atom stereocenters. The van der Waals surface area contributed by atoms with Crippen LogP contribution in [-0.2, 0) is 19.1 Å². The molecule has 15 heteroatoms. The number of allylic oxidation sites excluding steroid dienone is 1. The van der Waals surface area contributed by atoms with Crippen molar-refractivity contribution in [3.05, 3.63) is 41.8 Å². The van der Waals surface area contributed by atoms with Gasteiger partial charge in [-0.05, 0) is 63.5 Å². The van der Waals surface area contributed by atoms with E-state index in [1.54, 1.807) is 30.7 Å². The number of carbonyl (C=O) groups is 4. The molecule has 14 nitrogen and oxygen atoms in total. The fraction of sp³-hybridized carbons (Fsp3) is 0.514. The van der Waals surface area contributed by atoms with E-state index in [1.807, 2.05) is 18.2 Å². The molecule has 1 aromatic carbocycles. The zero-order chi connectivity index (χ0) is 36.4. The van der Waals surface area contributed by atoms with Crippen molar-refractivity contribution < 1.29 is 38.5 Å². The van der Waals surface area contributed by atoms with Crippen LogP contribution in [0.4, 0.5) is 9.93 Å². The van der Waals surface area contributed by atoms with Crippen LogP contribution in [0.25, 0.3) is 22.3 Å². The Morgan fingerprint density at radius 1 is 1.06 bits per heavy atom. The number of nitrogens with two attached hydrogens (primary N) is 1. The minimum atomic E-state index is -1.45. The van der Waals surface area contributed by atoms with Crippen LogP contribution in [0.3, 0.4) is 0 Å². The maximum Gasteiger partial charge on any atom is 0.408 e. The Hall–Kier alpha value is -4.92. The van der Waals surface area contributed by atoms with E-state index in [0.717, 1.165) is 44.9 Å².